The molecule has 0 saturated carbocycles. The van der Waals surface area contributed by atoms with Crippen molar-refractivity contribution in [2.45, 2.75) is 24.3 Å². The van der Waals surface area contributed by atoms with Crippen LogP contribution in [0.3, 0.4) is 0 Å². The molecule has 118 valence electrons. The van der Waals surface area contributed by atoms with Crippen LogP contribution in [-0.2, 0) is 14.6 Å². The number of carbonyl (C=O) groups excluding carboxylic acids is 1. The molecule has 0 aliphatic carbocycles. The van der Waals surface area contributed by atoms with Crippen LogP contribution in [0, 0.1) is 0 Å². The topological polar surface area (TPSA) is 98.5 Å². The number of hydrogen-bond donors (Lipinski definition) is 2. The molecular formula is C14H22N2O4S. The zero-order valence-electron chi connectivity index (χ0n) is 12.3. The average molecular weight is 314 g/mol. The number of methoxy groups -OCH3 is 1. The lowest BCUT2D eigenvalue weighted by Crippen LogP contribution is -2.28. The summed E-state index contributed by atoms with van der Waals surface area (Å²) < 4.78 is 28.6. The summed E-state index contributed by atoms with van der Waals surface area (Å²) in [6.07, 6.45) is 0.690. The monoisotopic (exact) mass is 314 g/mol. The van der Waals surface area contributed by atoms with Crippen molar-refractivity contribution in [3.63, 3.8) is 0 Å². The smallest absolute Gasteiger partial charge is 0.251 e. The molecule has 21 heavy (non-hydrogen) atoms. The number of carbonyl (C=O) groups is 1. The van der Waals surface area contributed by atoms with E-state index in [0.717, 1.165) is 0 Å². The second-order valence-electron chi connectivity index (χ2n) is 4.86. The third kappa shape index (κ3) is 5.82. The predicted octanol–water partition coefficient (Wildman–Crippen LogP) is 0.574. The average Bonchev–Trinajstić information content (AvgIpc) is 2.45. The minimum Gasteiger partial charge on any atom is -0.384 e. The molecule has 1 aromatic carbocycles. The van der Waals surface area contributed by atoms with Gasteiger partial charge in [-0.2, -0.15) is 0 Å². The van der Waals surface area contributed by atoms with E-state index in [1.54, 1.807) is 0 Å². The van der Waals surface area contributed by atoms with Crippen LogP contribution in [-0.4, -0.2) is 46.4 Å². The number of nitrogens with one attached hydrogen (secondary N) is 1. The number of hydrogen-bond acceptors (Lipinski definition) is 5. The first-order chi connectivity index (χ1) is 9.86. The highest BCUT2D eigenvalue weighted by Crippen LogP contribution is 2.12. The van der Waals surface area contributed by atoms with Gasteiger partial charge in [-0.25, -0.2) is 8.42 Å². The van der Waals surface area contributed by atoms with E-state index in [1.807, 2.05) is 6.92 Å². The maximum atomic E-state index is 11.9. The number of amides is 1. The van der Waals surface area contributed by atoms with E-state index in [-0.39, 0.29) is 29.2 Å². The molecule has 7 heteroatoms. The molecular weight excluding hydrogens is 292 g/mol. The first-order valence-electron chi connectivity index (χ1n) is 6.72. The summed E-state index contributed by atoms with van der Waals surface area (Å²) in [5.41, 5.74) is 6.02. The van der Waals surface area contributed by atoms with Gasteiger partial charge >= 0.3 is 0 Å². The number of sulfone groups is 1. The molecule has 1 rings (SSSR count). The quantitative estimate of drug-likeness (QED) is 0.731. The molecule has 3 N–H and O–H groups in total. The zero-order valence-corrected chi connectivity index (χ0v) is 13.2. The molecule has 0 fully saturated rings. The Hall–Kier alpha value is -1.44. The van der Waals surface area contributed by atoms with Crippen LogP contribution in [0.15, 0.2) is 29.2 Å². The predicted molar refractivity (Wildman–Crippen MR) is 81.0 cm³/mol. The molecule has 0 saturated heterocycles. The molecule has 0 bridgehead atoms. The molecule has 1 unspecified atom stereocenters. The van der Waals surface area contributed by atoms with Gasteiger partial charge in [-0.1, -0.05) is 0 Å². The first-order valence-corrected chi connectivity index (χ1v) is 8.37. The Morgan fingerprint density at radius 3 is 2.48 bits per heavy atom. The molecule has 0 heterocycles. The minimum absolute atomic E-state index is 0.0265. The Morgan fingerprint density at radius 1 is 1.33 bits per heavy atom. The fourth-order valence-electron chi connectivity index (χ4n) is 1.64. The standard InChI is InChI=1S/C14H22N2O4S/c1-11(15)7-8-16-14(17)12-3-5-13(6-4-12)21(18,19)10-9-20-2/h3-6,11H,7-10,15H2,1-2H3,(H,16,17). The molecule has 0 spiro atoms. The Morgan fingerprint density at radius 2 is 1.95 bits per heavy atom. The molecule has 0 aliphatic heterocycles. The first kappa shape index (κ1) is 17.6. The summed E-state index contributed by atoms with van der Waals surface area (Å²) in [6, 6.07) is 5.90. The van der Waals surface area contributed by atoms with Crippen molar-refractivity contribution in [1.29, 1.82) is 0 Å². The molecule has 1 aromatic rings. The van der Waals surface area contributed by atoms with Gasteiger partial charge in [-0.05, 0) is 37.6 Å². The van der Waals surface area contributed by atoms with Crippen LogP contribution in [0.25, 0.3) is 0 Å². The van der Waals surface area contributed by atoms with Crippen molar-refractivity contribution in [2.75, 3.05) is 26.0 Å². The van der Waals surface area contributed by atoms with Crippen molar-refractivity contribution in [3.05, 3.63) is 29.8 Å². The summed E-state index contributed by atoms with van der Waals surface area (Å²) in [7, 11) is -1.92. The van der Waals surface area contributed by atoms with Gasteiger partial charge in [0.05, 0.1) is 17.3 Å². The SMILES string of the molecule is COCCS(=O)(=O)c1ccc(C(=O)NCCC(C)N)cc1. The van der Waals surface area contributed by atoms with E-state index >= 15 is 0 Å². The molecule has 6 nitrogen and oxygen atoms in total. The summed E-state index contributed by atoms with van der Waals surface area (Å²) in [5, 5.41) is 2.73. The zero-order chi connectivity index (χ0) is 15.9. The van der Waals surface area contributed by atoms with Gasteiger partial charge < -0.3 is 15.8 Å². The molecule has 0 radical (unpaired) electrons. The van der Waals surface area contributed by atoms with Crippen LogP contribution in [0.5, 0.6) is 0 Å². The van der Waals surface area contributed by atoms with Crippen molar-refractivity contribution in [3.8, 4) is 0 Å². The minimum atomic E-state index is -3.37. The Balaban J connectivity index is 2.67. The van der Waals surface area contributed by atoms with Crippen LogP contribution >= 0.6 is 0 Å². The van der Waals surface area contributed by atoms with E-state index < -0.39 is 9.84 Å². The van der Waals surface area contributed by atoms with Crippen molar-refractivity contribution >= 4 is 15.7 Å². The van der Waals surface area contributed by atoms with Crippen molar-refractivity contribution < 1.29 is 17.9 Å². The van der Waals surface area contributed by atoms with Gasteiger partial charge in [0.15, 0.2) is 9.84 Å². The lowest BCUT2D eigenvalue weighted by molar-refractivity contribution is 0.0952. The second kappa shape index (κ2) is 8.11. The maximum absolute atomic E-state index is 11.9. The summed E-state index contributed by atoms with van der Waals surface area (Å²) in [4.78, 5) is 12.0. The fraction of sp³-hybridized carbons (Fsp3) is 0.500. The van der Waals surface area contributed by atoms with Crippen LogP contribution in [0.2, 0.25) is 0 Å². The lowest BCUT2D eigenvalue weighted by Gasteiger charge is -2.08. The third-order valence-corrected chi connectivity index (χ3v) is 4.61. The normalized spacial score (nSPS) is 12.9. The maximum Gasteiger partial charge on any atom is 0.251 e. The molecule has 1 atom stereocenters. The Kier molecular flexibility index (Phi) is 6.80. The van der Waals surface area contributed by atoms with Crippen LogP contribution in [0.1, 0.15) is 23.7 Å². The third-order valence-electron chi connectivity index (χ3n) is 2.92. The second-order valence-corrected chi connectivity index (χ2v) is 6.97. The number of nitrogens with two attached hydrogens (primary N) is 1. The van der Waals surface area contributed by atoms with Crippen LogP contribution in [0.4, 0.5) is 0 Å². The number of rotatable bonds is 8. The lowest BCUT2D eigenvalue weighted by atomic mass is 10.2. The van der Waals surface area contributed by atoms with E-state index in [1.165, 1.54) is 31.4 Å². The Bertz CT molecular complexity index is 553. The van der Waals surface area contributed by atoms with E-state index in [2.05, 4.69) is 5.32 Å². The van der Waals surface area contributed by atoms with Gasteiger partial charge in [-0.15, -0.1) is 0 Å². The fourth-order valence-corrected chi connectivity index (χ4v) is 2.81. The summed E-state index contributed by atoms with van der Waals surface area (Å²) >= 11 is 0. The largest absolute Gasteiger partial charge is 0.384 e. The number of benzene rings is 1. The van der Waals surface area contributed by atoms with Crippen molar-refractivity contribution in [2.24, 2.45) is 5.73 Å². The Labute approximate surface area is 125 Å². The highest BCUT2D eigenvalue weighted by atomic mass is 32.2. The van der Waals surface area contributed by atoms with E-state index in [0.29, 0.717) is 18.5 Å². The summed E-state index contributed by atoms with van der Waals surface area (Å²) in [6.45, 7) is 2.50. The molecule has 0 aromatic heterocycles. The van der Waals surface area contributed by atoms with Gasteiger partial charge in [0.2, 0.25) is 0 Å². The highest BCUT2D eigenvalue weighted by Gasteiger charge is 2.14. The van der Waals surface area contributed by atoms with Gasteiger partial charge in [0, 0.05) is 25.3 Å². The number of ether oxygens (including phenoxy) is 1. The molecule has 0 aliphatic rings. The van der Waals surface area contributed by atoms with E-state index in [4.69, 9.17) is 10.5 Å². The summed E-state index contributed by atoms with van der Waals surface area (Å²) in [5.74, 6) is -0.319. The van der Waals surface area contributed by atoms with Gasteiger partial charge in [0.25, 0.3) is 5.91 Å². The van der Waals surface area contributed by atoms with Crippen LogP contribution < -0.4 is 11.1 Å². The van der Waals surface area contributed by atoms with Gasteiger partial charge in [0.1, 0.15) is 0 Å². The molecule has 1 amide bonds. The van der Waals surface area contributed by atoms with Gasteiger partial charge in [-0.3, -0.25) is 4.79 Å². The van der Waals surface area contributed by atoms with E-state index in [9.17, 15) is 13.2 Å². The highest BCUT2D eigenvalue weighted by molar-refractivity contribution is 7.91. The van der Waals surface area contributed by atoms with Crippen molar-refractivity contribution in [1.82, 2.24) is 5.32 Å².